The molecular formula is C21H17F3N2O3. The maximum atomic E-state index is 12.9. The fourth-order valence-corrected chi connectivity index (χ4v) is 3.18. The fourth-order valence-electron chi connectivity index (χ4n) is 3.18. The Morgan fingerprint density at radius 3 is 2.45 bits per heavy atom. The first kappa shape index (κ1) is 20.3. The van der Waals surface area contributed by atoms with Gasteiger partial charge in [0.1, 0.15) is 0 Å². The summed E-state index contributed by atoms with van der Waals surface area (Å²) in [5, 5.41) is 14.2. The van der Waals surface area contributed by atoms with E-state index in [1.165, 1.54) is 18.2 Å². The highest BCUT2D eigenvalue weighted by atomic mass is 19.4. The molecule has 2 aromatic carbocycles. The third kappa shape index (κ3) is 4.06. The summed E-state index contributed by atoms with van der Waals surface area (Å²) in [6, 6.07) is 12.9. The number of nitrogens with one attached hydrogen (secondary N) is 1. The largest absolute Gasteiger partial charge is 0.416 e. The van der Waals surface area contributed by atoms with Crippen LogP contribution in [0.25, 0.3) is 5.57 Å². The fraction of sp³-hybridized carbons (Fsp3) is 0.190. The Hall–Kier alpha value is -3.42. The average molecular weight is 402 g/mol. The third-order valence-electron chi connectivity index (χ3n) is 4.82. The van der Waals surface area contributed by atoms with Crippen LogP contribution in [-0.2, 0) is 11.0 Å². The van der Waals surface area contributed by atoms with Gasteiger partial charge in [0, 0.05) is 16.7 Å². The number of carbonyl (C=O) groups excluding carboxylic acids is 1. The molecule has 0 bridgehead atoms. The van der Waals surface area contributed by atoms with Crippen LogP contribution in [0.1, 0.15) is 24.5 Å². The summed E-state index contributed by atoms with van der Waals surface area (Å²) in [6.07, 6.45) is -2.11. The van der Waals surface area contributed by atoms with Crippen LogP contribution in [0.3, 0.4) is 0 Å². The van der Waals surface area contributed by atoms with Gasteiger partial charge < -0.3 is 5.32 Å². The van der Waals surface area contributed by atoms with Crippen LogP contribution in [0.5, 0.6) is 0 Å². The molecule has 1 N–H and O–H groups in total. The number of halogens is 3. The van der Waals surface area contributed by atoms with Crippen LogP contribution < -0.4 is 5.32 Å². The van der Waals surface area contributed by atoms with Crippen molar-refractivity contribution in [2.75, 3.05) is 5.32 Å². The number of benzene rings is 2. The SMILES string of the molecule is CC1=C(c2ccccc2)CC(C(=O)Nc2cccc(C(F)(F)F)c2)([N+](=O)[O-])C=C1. The summed E-state index contributed by atoms with van der Waals surface area (Å²) in [7, 11) is 0. The van der Waals surface area contributed by atoms with Gasteiger partial charge >= 0.3 is 17.6 Å². The second-order valence-corrected chi connectivity index (χ2v) is 6.75. The number of alkyl halides is 3. The van der Waals surface area contributed by atoms with E-state index in [9.17, 15) is 28.1 Å². The Kier molecular flexibility index (Phi) is 5.28. The molecule has 3 rings (SSSR count). The van der Waals surface area contributed by atoms with Gasteiger partial charge in [-0.2, -0.15) is 13.2 Å². The molecule has 1 aliphatic carbocycles. The summed E-state index contributed by atoms with van der Waals surface area (Å²) < 4.78 is 38.7. The summed E-state index contributed by atoms with van der Waals surface area (Å²) >= 11 is 0. The molecule has 8 heteroatoms. The first-order valence-corrected chi connectivity index (χ1v) is 8.71. The molecule has 0 radical (unpaired) electrons. The van der Waals surface area contributed by atoms with E-state index in [-0.39, 0.29) is 12.1 Å². The van der Waals surface area contributed by atoms with Gasteiger partial charge in [-0.3, -0.25) is 14.9 Å². The van der Waals surface area contributed by atoms with Crippen molar-refractivity contribution in [2.45, 2.75) is 25.1 Å². The zero-order valence-electron chi connectivity index (χ0n) is 15.4. The molecule has 29 heavy (non-hydrogen) atoms. The van der Waals surface area contributed by atoms with Crippen LogP contribution >= 0.6 is 0 Å². The van der Waals surface area contributed by atoms with E-state index in [4.69, 9.17) is 0 Å². The van der Waals surface area contributed by atoms with Gasteiger partial charge in [0.05, 0.1) is 12.0 Å². The van der Waals surface area contributed by atoms with E-state index in [2.05, 4.69) is 5.32 Å². The lowest BCUT2D eigenvalue weighted by molar-refractivity contribution is -0.536. The van der Waals surface area contributed by atoms with E-state index < -0.39 is 28.1 Å². The van der Waals surface area contributed by atoms with Crippen molar-refractivity contribution in [3.8, 4) is 0 Å². The van der Waals surface area contributed by atoms with E-state index in [1.54, 1.807) is 37.3 Å². The van der Waals surface area contributed by atoms with Gasteiger partial charge in [0.15, 0.2) is 0 Å². The molecule has 2 aromatic rings. The van der Waals surface area contributed by atoms with Gasteiger partial charge in [-0.25, -0.2) is 0 Å². The van der Waals surface area contributed by atoms with Crippen molar-refractivity contribution in [1.82, 2.24) is 0 Å². The summed E-state index contributed by atoms with van der Waals surface area (Å²) in [5.74, 6) is -1.00. The first-order chi connectivity index (χ1) is 13.6. The zero-order valence-corrected chi connectivity index (χ0v) is 15.4. The number of nitro groups is 1. The number of rotatable bonds is 4. The Labute approximate surface area is 164 Å². The Bertz CT molecular complexity index is 1010. The minimum atomic E-state index is -4.59. The maximum absolute atomic E-state index is 12.9. The first-order valence-electron chi connectivity index (χ1n) is 8.71. The molecule has 0 saturated heterocycles. The maximum Gasteiger partial charge on any atom is 0.416 e. The summed E-state index contributed by atoms with van der Waals surface area (Å²) in [6.45, 7) is 1.79. The molecule has 0 fully saturated rings. The van der Waals surface area contributed by atoms with Crippen molar-refractivity contribution in [3.63, 3.8) is 0 Å². The highest BCUT2D eigenvalue weighted by Gasteiger charge is 2.51. The third-order valence-corrected chi connectivity index (χ3v) is 4.82. The number of nitrogens with zero attached hydrogens (tertiary/aromatic N) is 1. The van der Waals surface area contributed by atoms with Crippen LogP contribution in [0.4, 0.5) is 18.9 Å². The number of allylic oxidation sites excluding steroid dienone is 2. The Morgan fingerprint density at radius 2 is 1.83 bits per heavy atom. The summed E-state index contributed by atoms with van der Waals surface area (Å²) in [5.41, 5.74) is -1.09. The van der Waals surface area contributed by atoms with Gasteiger partial charge in [0.2, 0.25) is 0 Å². The molecule has 0 aliphatic heterocycles. The second kappa shape index (κ2) is 7.54. The number of hydrogen-bond donors (Lipinski definition) is 1. The molecule has 150 valence electrons. The molecule has 1 atom stereocenters. The van der Waals surface area contributed by atoms with Crippen molar-refractivity contribution >= 4 is 17.2 Å². The van der Waals surface area contributed by atoms with Crippen LogP contribution in [0, 0.1) is 10.1 Å². The van der Waals surface area contributed by atoms with Crippen LogP contribution in [0.2, 0.25) is 0 Å². The van der Waals surface area contributed by atoms with E-state index >= 15 is 0 Å². The quantitative estimate of drug-likeness (QED) is 0.572. The van der Waals surface area contributed by atoms with Crippen LogP contribution in [-0.4, -0.2) is 16.4 Å². The highest BCUT2D eigenvalue weighted by molar-refractivity contribution is 6.00. The topological polar surface area (TPSA) is 72.2 Å². The molecule has 1 aliphatic rings. The lowest BCUT2D eigenvalue weighted by Gasteiger charge is -2.26. The lowest BCUT2D eigenvalue weighted by Crippen LogP contribution is -2.49. The number of amides is 1. The highest BCUT2D eigenvalue weighted by Crippen LogP contribution is 2.37. The number of hydrogen-bond acceptors (Lipinski definition) is 3. The van der Waals surface area contributed by atoms with Gasteiger partial charge in [-0.1, -0.05) is 42.5 Å². The zero-order chi connectivity index (χ0) is 21.2. The van der Waals surface area contributed by atoms with Crippen molar-refractivity contribution in [2.24, 2.45) is 0 Å². The molecule has 5 nitrogen and oxygen atoms in total. The van der Waals surface area contributed by atoms with E-state index in [1.807, 2.05) is 0 Å². The van der Waals surface area contributed by atoms with E-state index in [0.717, 1.165) is 29.3 Å². The summed E-state index contributed by atoms with van der Waals surface area (Å²) in [4.78, 5) is 24.1. The molecule has 0 aromatic heterocycles. The smallest absolute Gasteiger partial charge is 0.320 e. The minimum absolute atomic E-state index is 0.160. The van der Waals surface area contributed by atoms with Gasteiger partial charge in [0.25, 0.3) is 0 Å². The molecular weight excluding hydrogens is 385 g/mol. The van der Waals surface area contributed by atoms with E-state index in [0.29, 0.717) is 5.57 Å². The predicted molar refractivity (Wildman–Crippen MR) is 103 cm³/mol. The predicted octanol–water partition coefficient (Wildman–Crippen LogP) is 5.09. The molecule has 0 spiro atoms. The Balaban J connectivity index is 1.94. The lowest BCUT2D eigenvalue weighted by atomic mass is 9.80. The normalized spacial score (nSPS) is 19.2. The molecule has 1 amide bonds. The van der Waals surface area contributed by atoms with Crippen molar-refractivity contribution in [1.29, 1.82) is 0 Å². The molecule has 0 heterocycles. The van der Waals surface area contributed by atoms with Gasteiger partial charge in [-0.15, -0.1) is 0 Å². The second-order valence-electron chi connectivity index (χ2n) is 6.75. The minimum Gasteiger partial charge on any atom is -0.320 e. The molecule has 1 unspecified atom stereocenters. The number of anilines is 1. The monoisotopic (exact) mass is 402 g/mol. The Morgan fingerprint density at radius 1 is 1.14 bits per heavy atom. The molecule has 0 saturated carbocycles. The van der Waals surface area contributed by atoms with Crippen molar-refractivity contribution < 1.29 is 22.9 Å². The number of carbonyl (C=O) groups is 1. The standard InChI is InChI=1S/C21H17F3N2O3/c1-14-10-11-20(26(28)29,13-18(14)15-6-3-2-4-7-15)19(27)25-17-9-5-8-16(12-17)21(22,23)24/h2-12H,13H2,1H3,(H,25,27). The average Bonchev–Trinajstić information content (AvgIpc) is 2.68. The van der Waals surface area contributed by atoms with Gasteiger partial charge in [-0.05, 0) is 41.8 Å². The van der Waals surface area contributed by atoms with Crippen LogP contribution in [0.15, 0.2) is 72.3 Å². The van der Waals surface area contributed by atoms with Crippen molar-refractivity contribution in [3.05, 3.63) is 93.6 Å².